The van der Waals surface area contributed by atoms with E-state index in [4.69, 9.17) is 39.5 Å². The standard InChI is InChI=1S/C34H35Cl3N6O4S2/c1-22-20-42(21-23(2)47-22)49(45,46)38-19-28-32(31-15-13-27(48-31)12-8-24-6-9-25(35)10-7-24)39-40-33(28)34(44)43(41-16-4-3-5-17-41)30-14-11-26(36)18-29(30)37/h6-7,9-11,13-15,18,22-23,38H,3-5,16-17,19-21H2,1-2H3,(H,39,40). The second-order valence-electron chi connectivity index (χ2n) is 12.0. The minimum absolute atomic E-state index is 0.0696. The van der Waals surface area contributed by atoms with Crippen molar-refractivity contribution >= 4 is 67.9 Å². The molecule has 2 aliphatic heterocycles. The van der Waals surface area contributed by atoms with Crippen molar-refractivity contribution in [3.05, 3.63) is 91.4 Å². The summed E-state index contributed by atoms with van der Waals surface area (Å²) in [5.74, 6) is 5.86. The zero-order chi connectivity index (χ0) is 34.7. The van der Waals surface area contributed by atoms with E-state index in [-0.39, 0.29) is 37.5 Å². The van der Waals surface area contributed by atoms with Gasteiger partial charge in [0.15, 0.2) is 5.69 Å². The molecule has 15 heteroatoms. The molecule has 2 fully saturated rings. The smallest absolute Gasteiger partial charge is 0.293 e. The van der Waals surface area contributed by atoms with Gasteiger partial charge in [-0.25, -0.2) is 10.0 Å². The van der Waals surface area contributed by atoms with E-state index in [9.17, 15) is 13.2 Å². The lowest BCUT2D eigenvalue weighted by Gasteiger charge is -2.37. The monoisotopic (exact) mass is 760 g/mol. The van der Waals surface area contributed by atoms with Gasteiger partial charge in [0.05, 0.1) is 38.4 Å². The summed E-state index contributed by atoms with van der Waals surface area (Å²) in [6.07, 6.45) is 2.33. The quantitative estimate of drug-likeness (QED) is 0.188. The zero-order valence-corrected chi connectivity index (χ0v) is 30.8. The number of aromatic nitrogens is 2. The number of hydrogen-bond donors (Lipinski definition) is 2. The van der Waals surface area contributed by atoms with Crippen molar-refractivity contribution in [3.8, 4) is 22.4 Å². The number of H-pyrrole nitrogens is 1. The third kappa shape index (κ3) is 8.51. The molecular weight excluding hydrogens is 727 g/mol. The first kappa shape index (κ1) is 35.9. The van der Waals surface area contributed by atoms with Gasteiger partial charge in [0.2, 0.25) is 0 Å². The van der Waals surface area contributed by atoms with E-state index in [1.54, 1.807) is 35.3 Å². The molecule has 0 aliphatic carbocycles. The number of aromatic amines is 1. The van der Waals surface area contributed by atoms with Crippen LogP contribution in [0.25, 0.3) is 10.6 Å². The number of benzene rings is 2. The molecule has 2 saturated heterocycles. The molecule has 2 unspecified atom stereocenters. The van der Waals surface area contributed by atoms with Gasteiger partial charge in [0, 0.05) is 53.9 Å². The van der Waals surface area contributed by atoms with Gasteiger partial charge >= 0.3 is 0 Å². The topological polar surface area (TPSA) is 111 Å². The number of carbonyl (C=O) groups is 1. The second kappa shape index (κ2) is 15.5. The van der Waals surface area contributed by atoms with Crippen LogP contribution < -0.4 is 9.73 Å². The van der Waals surface area contributed by atoms with Gasteiger partial charge in [0.25, 0.3) is 16.1 Å². The molecular formula is C34H35Cl3N6O4S2. The first-order valence-electron chi connectivity index (χ1n) is 15.9. The SMILES string of the molecule is CC1CN(S(=O)(=O)NCc2c(C(=O)N(c3ccc(Cl)cc3Cl)N3CCCCC3)n[nH]c2-c2ccc(C#Cc3ccc(Cl)cc3)s2)CC(C)O1. The zero-order valence-electron chi connectivity index (χ0n) is 26.9. The van der Waals surface area contributed by atoms with Crippen molar-refractivity contribution in [3.63, 3.8) is 0 Å². The van der Waals surface area contributed by atoms with Crippen LogP contribution in [0.3, 0.4) is 0 Å². The molecule has 4 aromatic rings. The predicted octanol–water partition coefficient (Wildman–Crippen LogP) is 6.99. The van der Waals surface area contributed by atoms with E-state index in [1.165, 1.54) is 15.6 Å². The summed E-state index contributed by atoms with van der Waals surface area (Å²) in [6, 6.07) is 16.0. The highest BCUT2D eigenvalue weighted by atomic mass is 35.5. The van der Waals surface area contributed by atoms with Crippen molar-refractivity contribution < 1.29 is 17.9 Å². The van der Waals surface area contributed by atoms with Gasteiger partial charge in [-0.15, -0.1) is 11.3 Å². The van der Waals surface area contributed by atoms with Gasteiger partial charge in [-0.2, -0.15) is 22.5 Å². The molecule has 0 bridgehead atoms. The summed E-state index contributed by atoms with van der Waals surface area (Å²) >= 11 is 20.3. The molecule has 6 rings (SSSR count). The number of ether oxygens (including phenoxy) is 1. The van der Waals surface area contributed by atoms with Gasteiger partial charge in [-0.3, -0.25) is 9.89 Å². The Labute approximate surface area is 305 Å². The molecule has 49 heavy (non-hydrogen) atoms. The van der Waals surface area contributed by atoms with E-state index < -0.39 is 16.1 Å². The number of piperidine rings is 1. The number of thiophene rings is 1. The van der Waals surface area contributed by atoms with Crippen molar-refractivity contribution in [2.45, 2.75) is 51.9 Å². The van der Waals surface area contributed by atoms with Gasteiger partial charge < -0.3 is 4.74 Å². The molecule has 1 amide bonds. The van der Waals surface area contributed by atoms with Crippen molar-refractivity contribution in [2.24, 2.45) is 0 Å². The van der Waals surface area contributed by atoms with Crippen LogP contribution >= 0.6 is 46.1 Å². The molecule has 10 nitrogen and oxygen atoms in total. The summed E-state index contributed by atoms with van der Waals surface area (Å²) in [4.78, 5) is 16.1. The third-order valence-corrected chi connectivity index (χ3v) is 11.5. The number of morpholine rings is 1. The number of hydrogen-bond acceptors (Lipinski definition) is 7. The minimum atomic E-state index is -3.95. The Morgan fingerprint density at radius 3 is 2.39 bits per heavy atom. The van der Waals surface area contributed by atoms with Crippen molar-refractivity contribution in [1.82, 2.24) is 24.2 Å². The average Bonchev–Trinajstić information content (AvgIpc) is 3.72. The van der Waals surface area contributed by atoms with Gasteiger partial charge in [-0.05, 0) is 81.3 Å². The number of halogens is 3. The number of carbonyl (C=O) groups excluding carboxylic acids is 1. The molecule has 2 atom stereocenters. The summed E-state index contributed by atoms with van der Waals surface area (Å²) in [5, 5.41) is 12.4. The Kier molecular flexibility index (Phi) is 11.4. The highest BCUT2D eigenvalue weighted by molar-refractivity contribution is 7.87. The van der Waals surface area contributed by atoms with E-state index in [1.807, 2.05) is 43.1 Å². The number of nitrogens with zero attached hydrogens (tertiary/aromatic N) is 4. The Morgan fingerprint density at radius 1 is 1.00 bits per heavy atom. The highest BCUT2D eigenvalue weighted by Gasteiger charge is 2.35. The average molecular weight is 762 g/mol. The van der Waals surface area contributed by atoms with Crippen LogP contribution in [0, 0.1) is 11.8 Å². The van der Waals surface area contributed by atoms with Crippen LogP contribution in [-0.4, -0.2) is 72.2 Å². The predicted molar refractivity (Wildman–Crippen MR) is 195 cm³/mol. The molecule has 2 N–H and O–H groups in total. The summed E-state index contributed by atoms with van der Waals surface area (Å²) < 4.78 is 37.0. The maximum atomic E-state index is 14.6. The lowest BCUT2D eigenvalue weighted by molar-refractivity contribution is -0.0444. The molecule has 0 saturated carbocycles. The van der Waals surface area contributed by atoms with E-state index in [0.29, 0.717) is 45.1 Å². The fourth-order valence-corrected chi connectivity index (χ4v) is 8.75. The Morgan fingerprint density at radius 2 is 1.69 bits per heavy atom. The fraction of sp³-hybridized carbons (Fsp3) is 0.353. The third-order valence-electron chi connectivity index (χ3n) is 8.20. The summed E-state index contributed by atoms with van der Waals surface area (Å²) in [5.41, 5.74) is 2.25. The van der Waals surface area contributed by atoms with Crippen LogP contribution in [0.15, 0.2) is 54.6 Å². The normalized spacial score (nSPS) is 19.0. The maximum absolute atomic E-state index is 14.6. The number of nitrogens with one attached hydrogen (secondary N) is 2. The van der Waals surface area contributed by atoms with E-state index in [0.717, 1.165) is 34.6 Å². The number of amides is 1. The summed E-state index contributed by atoms with van der Waals surface area (Å²) in [6.45, 7) is 5.18. The summed E-state index contributed by atoms with van der Waals surface area (Å²) in [7, 11) is -3.95. The Bertz CT molecular complexity index is 1970. The Balaban J connectivity index is 1.38. The van der Waals surface area contributed by atoms with Gasteiger partial charge in [0.1, 0.15) is 0 Å². The first-order chi connectivity index (χ1) is 23.5. The number of hydrazine groups is 1. The highest BCUT2D eigenvalue weighted by Crippen LogP contribution is 2.35. The van der Waals surface area contributed by atoms with Crippen LogP contribution in [0.1, 0.15) is 59.6 Å². The van der Waals surface area contributed by atoms with Crippen molar-refractivity contribution in [1.29, 1.82) is 0 Å². The lowest BCUT2D eigenvalue weighted by atomic mass is 10.1. The lowest BCUT2D eigenvalue weighted by Crippen LogP contribution is -2.52. The maximum Gasteiger partial charge on any atom is 0.293 e. The molecule has 2 aromatic carbocycles. The van der Waals surface area contributed by atoms with Gasteiger partial charge in [-0.1, -0.05) is 53.1 Å². The van der Waals surface area contributed by atoms with Crippen LogP contribution in [0.2, 0.25) is 15.1 Å². The number of anilines is 1. The Hall–Kier alpha value is -2.96. The van der Waals surface area contributed by atoms with E-state index >= 15 is 0 Å². The molecule has 0 radical (unpaired) electrons. The molecule has 4 heterocycles. The minimum Gasteiger partial charge on any atom is -0.373 e. The fourth-order valence-electron chi connectivity index (χ4n) is 5.93. The molecule has 2 aromatic heterocycles. The largest absolute Gasteiger partial charge is 0.373 e. The first-order valence-corrected chi connectivity index (χ1v) is 19.3. The van der Waals surface area contributed by atoms with Crippen LogP contribution in [0.4, 0.5) is 5.69 Å². The van der Waals surface area contributed by atoms with Crippen LogP contribution in [0.5, 0.6) is 0 Å². The van der Waals surface area contributed by atoms with Crippen molar-refractivity contribution in [2.75, 3.05) is 31.2 Å². The number of rotatable bonds is 8. The molecule has 258 valence electrons. The molecule has 0 spiro atoms. The van der Waals surface area contributed by atoms with E-state index in [2.05, 4.69) is 26.8 Å². The molecule has 2 aliphatic rings. The second-order valence-corrected chi connectivity index (χ2v) is 16.1. The van der Waals surface area contributed by atoms with Crippen LogP contribution in [-0.2, 0) is 21.5 Å².